The standard InChI is InChI=1S/C21H27N5O4/c1-12-8-15(30-26-12)10-19(27)23-18-11-16(24-25-18)13-2-3-14(9-13)29-20(28)22-17-4-5-21(17)6-7-21/h8,11,13-14,17H,2-7,9-10H2,1H3,(H,22,28)(H2,23,24,25,27)/t13-,14+,17?/m1/s1. The number of amides is 2. The molecule has 9 heteroatoms. The Bertz CT molecular complexity index is 947. The number of aromatic nitrogens is 3. The summed E-state index contributed by atoms with van der Waals surface area (Å²) in [5.41, 5.74) is 2.09. The summed E-state index contributed by atoms with van der Waals surface area (Å²) < 4.78 is 10.7. The summed E-state index contributed by atoms with van der Waals surface area (Å²) in [6.07, 6.45) is 7.04. The van der Waals surface area contributed by atoms with Crippen LogP contribution in [0.5, 0.6) is 0 Å². The van der Waals surface area contributed by atoms with E-state index in [9.17, 15) is 9.59 Å². The van der Waals surface area contributed by atoms with Gasteiger partial charge in [-0.2, -0.15) is 5.10 Å². The Morgan fingerprint density at radius 2 is 2.13 bits per heavy atom. The van der Waals surface area contributed by atoms with Gasteiger partial charge >= 0.3 is 6.09 Å². The van der Waals surface area contributed by atoms with Gasteiger partial charge in [-0.3, -0.25) is 9.89 Å². The van der Waals surface area contributed by atoms with E-state index in [0.29, 0.717) is 23.0 Å². The molecule has 2 amide bonds. The van der Waals surface area contributed by atoms with Crippen molar-refractivity contribution in [1.29, 1.82) is 0 Å². The number of carbonyl (C=O) groups excluding carboxylic acids is 2. The van der Waals surface area contributed by atoms with Gasteiger partial charge in [0.15, 0.2) is 5.82 Å². The average Bonchev–Trinajstić information content (AvgIpc) is 2.98. The Hall–Kier alpha value is -2.84. The van der Waals surface area contributed by atoms with Crippen LogP contribution < -0.4 is 10.6 Å². The second-order valence-corrected chi connectivity index (χ2v) is 9.00. The lowest BCUT2D eigenvalue weighted by molar-refractivity contribution is -0.115. The summed E-state index contributed by atoms with van der Waals surface area (Å²) in [4.78, 5) is 24.4. The lowest BCUT2D eigenvalue weighted by Crippen LogP contribution is -2.48. The van der Waals surface area contributed by atoms with Crippen LogP contribution in [0.3, 0.4) is 0 Å². The van der Waals surface area contributed by atoms with Crippen LogP contribution in [0.1, 0.15) is 68.0 Å². The summed E-state index contributed by atoms with van der Waals surface area (Å²) in [5.74, 6) is 1.02. The molecule has 160 valence electrons. The van der Waals surface area contributed by atoms with Crippen LogP contribution in [0.25, 0.3) is 0 Å². The number of nitrogens with one attached hydrogen (secondary N) is 3. The van der Waals surface area contributed by atoms with Crippen LogP contribution in [0.15, 0.2) is 16.7 Å². The normalized spacial score (nSPS) is 26.2. The van der Waals surface area contributed by atoms with Gasteiger partial charge in [-0.1, -0.05) is 5.16 Å². The van der Waals surface area contributed by atoms with Crippen molar-refractivity contribution in [1.82, 2.24) is 20.7 Å². The number of hydrogen-bond donors (Lipinski definition) is 3. The molecule has 3 fully saturated rings. The van der Waals surface area contributed by atoms with E-state index in [1.807, 2.05) is 13.0 Å². The van der Waals surface area contributed by atoms with E-state index in [0.717, 1.165) is 37.1 Å². The van der Waals surface area contributed by atoms with Gasteiger partial charge in [0.25, 0.3) is 0 Å². The molecule has 0 aliphatic heterocycles. The first kappa shape index (κ1) is 19.1. The van der Waals surface area contributed by atoms with Crippen LogP contribution >= 0.6 is 0 Å². The molecule has 30 heavy (non-hydrogen) atoms. The van der Waals surface area contributed by atoms with Crippen molar-refractivity contribution in [3.63, 3.8) is 0 Å². The number of rotatable bonds is 6. The van der Waals surface area contributed by atoms with E-state index < -0.39 is 0 Å². The zero-order valence-corrected chi connectivity index (χ0v) is 17.1. The molecule has 2 heterocycles. The number of hydrogen-bond acceptors (Lipinski definition) is 6. The fraction of sp³-hybridized carbons (Fsp3) is 0.619. The SMILES string of the molecule is Cc1cc(CC(=O)Nc2cc([C@@H]3CC[C@H](OC(=O)NC4CCC45CC5)C3)[nH]n2)on1. The second-order valence-electron chi connectivity index (χ2n) is 9.00. The molecule has 0 aromatic carbocycles. The third-order valence-corrected chi connectivity index (χ3v) is 6.83. The monoisotopic (exact) mass is 413 g/mol. The molecule has 2 aromatic rings. The van der Waals surface area contributed by atoms with Gasteiger partial charge in [-0.15, -0.1) is 0 Å². The highest BCUT2D eigenvalue weighted by Gasteiger charge is 2.56. The van der Waals surface area contributed by atoms with Gasteiger partial charge in [-0.25, -0.2) is 4.79 Å². The van der Waals surface area contributed by atoms with E-state index in [1.54, 1.807) is 6.07 Å². The fourth-order valence-corrected chi connectivity index (χ4v) is 4.79. The number of ether oxygens (including phenoxy) is 1. The Morgan fingerprint density at radius 1 is 1.27 bits per heavy atom. The first-order valence-electron chi connectivity index (χ1n) is 10.7. The van der Waals surface area contributed by atoms with Gasteiger partial charge in [0.2, 0.25) is 5.91 Å². The third kappa shape index (κ3) is 3.93. The van der Waals surface area contributed by atoms with Gasteiger partial charge in [0, 0.05) is 29.8 Å². The van der Waals surface area contributed by atoms with Crippen LogP contribution in [0.2, 0.25) is 0 Å². The Balaban J connectivity index is 1.09. The molecule has 0 saturated heterocycles. The molecular weight excluding hydrogens is 386 g/mol. The van der Waals surface area contributed by atoms with Crippen LogP contribution in [0.4, 0.5) is 10.6 Å². The number of aryl methyl sites for hydroxylation is 1. The number of anilines is 1. The first-order valence-corrected chi connectivity index (χ1v) is 10.7. The van der Waals surface area contributed by atoms with Gasteiger partial charge in [0.05, 0.1) is 12.1 Å². The molecule has 0 radical (unpaired) electrons. The minimum Gasteiger partial charge on any atom is -0.446 e. The van der Waals surface area contributed by atoms with Crippen molar-refractivity contribution in [2.75, 3.05) is 5.32 Å². The number of carbonyl (C=O) groups is 2. The maximum absolute atomic E-state index is 12.2. The van der Waals surface area contributed by atoms with Crippen LogP contribution in [-0.4, -0.2) is 39.5 Å². The lowest BCUT2D eigenvalue weighted by atomic mass is 9.76. The fourth-order valence-electron chi connectivity index (χ4n) is 4.79. The Morgan fingerprint density at radius 3 is 2.83 bits per heavy atom. The van der Waals surface area contributed by atoms with E-state index >= 15 is 0 Å². The van der Waals surface area contributed by atoms with E-state index in [-0.39, 0.29) is 30.4 Å². The molecule has 3 saturated carbocycles. The van der Waals surface area contributed by atoms with Crippen molar-refractivity contribution in [2.24, 2.45) is 5.41 Å². The molecule has 3 aliphatic carbocycles. The van der Waals surface area contributed by atoms with Crippen LogP contribution in [0, 0.1) is 12.3 Å². The highest BCUT2D eigenvalue weighted by Crippen LogP contribution is 2.60. The number of aromatic amines is 1. The molecule has 0 bridgehead atoms. The zero-order chi connectivity index (χ0) is 20.7. The molecule has 1 unspecified atom stereocenters. The third-order valence-electron chi connectivity index (χ3n) is 6.83. The summed E-state index contributed by atoms with van der Waals surface area (Å²) in [6, 6.07) is 3.89. The smallest absolute Gasteiger partial charge is 0.407 e. The molecule has 5 rings (SSSR count). The van der Waals surface area contributed by atoms with E-state index in [4.69, 9.17) is 9.26 Å². The molecule has 3 aliphatic rings. The molecule has 3 N–H and O–H groups in total. The topological polar surface area (TPSA) is 122 Å². The second kappa shape index (κ2) is 7.45. The number of nitrogens with zero attached hydrogens (tertiary/aromatic N) is 2. The number of H-pyrrole nitrogens is 1. The minimum atomic E-state index is -0.281. The molecule has 1 spiro atoms. The predicted molar refractivity (Wildman–Crippen MR) is 107 cm³/mol. The molecule has 2 aromatic heterocycles. The van der Waals surface area contributed by atoms with E-state index in [2.05, 4.69) is 26.0 Å². The maximum Gasteiger partial charge on any atom is 0.407 e. The molecular formula is C21H27N5O4. The number of alkyl carbamates (subject to hydrolysis) is 1. The zero-order valence-electron chi connectivity index (χ0n) is 17.1. The predicted octanol–water partition coefficient (Wildman–Crippen LogP) is 3.19. The summed E-state index contributed by atoms with van der Waals surface area (Å²) in [7, 11) is 0. The summed E-state index contributed by atoms with van der Waals surface area (Å²) >= 11 is 0. The van der Waals surface area contributed by atoms with Gasteiger partial charge < -0.3 is 19.9 Å². The largest absolute Gasteiger partial charge is 0.446 e. The van der Waals surface area contributed by atoms with Crippen molar-refractivity contribution < 1.29 is 18.8 Å². The van der Waals surface area contributed by atoms with Gasteiger partial charge in [-0.05, 0) is 57.3 Å². The highest BCUT2D eigenvalue weighted by atomic mass is 16.6. The highest BCUT2D eigenvalue weighted by molar-refractivity contribution is 5.91. The first-order chi connectivity index (χ1) is 14.5. The Kier molecular flexibility index (Phi) is 4.75. The average molecular weight is 413 g/mol. The minimum absolute atomic E-state index is 0.0822. The molecule has 9 nitrogen and oxygen atoms in total. The lowest BCUT2D eigenvalue weighted by Gasteiger charge is -2.37. The van der Waals surface area contributed by atoms with Crippen molar-refractivity contribution in [3.05, 3.63) is 29.3 Å². The molecule has 3 atom stereocenters. The van der Waals surface area contributed by atoms with Crippen molar-refractivity contribution in [3.8, 4) is 0 Å². The van der Waals surface area contributed by atoms with E-state index in [1.165, 1.54) is 19.3 Å². The maximum atomic E-state index is 12.2. The van der Waals surface area contributed by atoms with Crippen molar-refractivity contribution in [2.45, 2.75) is 76.4 Å². The van der Waals surface area contributed by atoms with Crippen LogP contribution in [-0.2, 0) is 16.0 Å². The summed E-state index contributed by atoms with van der Waals surface area (Å²) in [5, 5.41) is 16.8. The summed E-state index contributed by atoms with van der Waals surface area (Å²) in [6.45, 7) is 1.81. The van der Waals surface area contributed by atoms with Gasteiger partial charge in [0.1, 0.15) is 11.9 Å². The van der Waals surface area contributed by atoms with Crippen molar-refractivity contribution >= 4 is 17.8 Å². The quantitative estimate of drug-likeness (QED) is 0.668. The Labute approximate surface area is 174 Å².